The maximum Gasteiger partial charge on any atom is 0.241 e. The van der Waals surface area contributed by atoms with Gasteiger partial charge in [0.15, 0.2) is 11.5 Å². The van der Waals surface area contributed by atoms with E-state index in [2.05, 4.69) is 30.2 Å². The van der Waals surface area contributed by atoms with Crippen molar-refractivity contribution in [2.24, 2.45) is 0 Å². The smallest absolute Gasteiger partial charge is 0.241 e. The molecule has 0 amide bonds. The van der Waals surface area contributed by atoms with Gasteiger partial charge in [0.05, 0.1) is 19.2 Å². The van der Waals surface area contributed by atoms with Crippen LogP contribution in [0.25, 0.3) is 27.8 Å². The molecule has 0 aliphatic rings. The van der Waals surface area contributed by atoms with Crippen LogP contribution in [0.3, 0.4) is 0 Å². The SMILES string of the molecule is COc1ncnn2ccc(-c3cnc4nc(C)n(Cc5noc(C)n5)c4c3)c12. The molecule has 10 heteroatoms. The third kappa shape index (κ3) is 2.49. The molecule has 0 saturated heterocycles. The summed E-state index contributed by atoms with van der Waals surface area (Å²) in [6, 6.07) is 4.00. The second-order valence-electron chi connectivity index (χ2n) is 6.33. The van der Waals surface area contributed by atoms with Crippen LogP contribution >= 0.6 is 0 Å². The van der Waals surface area contributed by atoms with Crippen molar-refractivity contribution in [2.75, 3.05) is 7.11 Å². The lowest BCUT2D eigenvalue weighted by Crippen LogP contribution is -2.03. The Morgan fingerprint density at radius 2 is 2.07 bits per heavy atom. The second-order valence-corrected chi connectivity index (χ2v) is 6.33. The summed E-state index contributed by atoms with van der Waals surface area (Å²) in [5.74, 6) is 2.45. The summed E-state index contributed by atoms with van der Waals surface area (Å²) in [6.45, 7) is 4.15. The normalized spacial score (nSPS) is 11.5. The third-order valence-corrected chi connectivity index (χ3v) is 4.59. The number of nitrogens with zero attached hydrogens (tertiary/aromatic N) is 8. The first-order valence-electron chi connectivity index (χ1n) is 8.63. The summed E-state index contributed by atoms with van der Waals surface area (Å²) in [7, 11) is 1.59. The molecular weight excluding hydrogens is 360 g/mol. The first-order chi connectivity index (χ1) is 13.6. The second kappa shape index (κ2) is 6.12. The number of fused-ring (bicyclic) bond motifs is 2. The van der Waals surface area contributed by atoms with E-state index in [1.807, 2.05) is 29.8 Å². The molecule has 0 aromatic carbocycles. The Hall–Kier alpha value is -3.82. The number of aromatic nitrogens is 8. The zero-order valence-corrected chi connectivity index (χ0v) is 15.5. The molecule has 0 N–H and O–H groups in total. The average Bonchev–Trinajstić information content (AvgIpc) is 3.39. The molecule has 28 heavy (non-hydrogen) atoms. The summed E-state index contributed by atoms with van der Waals surface area (Å²) in [6.07, 6.45) is 5.12. The highest BCUT2D eigenvalue weighted by molar-refractivity contribution is 5.87. The average molecular weight is 376 g/mol. The fraction of sp³-hybridized carbons (Fsp3) is 0.222. The Morgan fingerprint density at radius 3 is 2.86 bits per heavy atom. The van der Waals surface area contributed by atoms with Crippen LogP contribution in [-0.4, -0.2) is 46.4 Å². The minimum absolute atomic E-state index is 0.452. The molecule has 140 valence electrons. The van der Waals surface area contributed by atoms with E-state index >= 15 is 0 Å². The topological polar surface area (TPSA) is 109 Å². The molecule has 0 fully saturated rings. The summed E-state index contributed by atoms with van der Waals surface area (Å²) < 4.78 is 14.2. The van der Waals surface area contributed by atoms with Crippen molar-refractivity contribution < 1.29 is 9.26 Å². The fourth-order valence-corrected chi connectivity index (χ4v) is 3.32. The van der Waals surface area contributed by atoms with Crippen LogP contribution in [0, 0.1) is 13.8 Å². The molecule has 0 saturated carbocycles. The van der Waals surface area contributed by atoms with Crippen LogP contribution in [0.5, 0.6) is 5.88 Å². The lowest BCUT2D eigenvalue weighted by Gasteiger charge is -2.06. The van der Waals surface area contributed by atoms with Gasteiger partial charge in [0, 0.05) is 30.4 Å². The Labute approximate surface area is 158 Å². The first-order valence-corrected chi connectivity index (χ1v) is 8.63. The number of methoxy groups -OCH3 is 1. The van der Waals surface area contributed by atoms with Crippen LogP contribution in [0.4, 0.5) is 0 Å². The summed E-state index contributed by atoms with van der Waals surface area (Å²) >= 11 is 0. The lowest BCUT2D eigenvalue weighted by atomic mass is 10.1. The zero-order valence-electron chi connectivity index (χ0n) is 15.5. The van der Waals surface area contributed by atoms with Crippen molar-refractivity contribution >= 4 is 16.7 Å². The van der Waals surface area contributed by atoms with E-state index in [4.69, 9.17) is 9.26 Å². The quantitative estimate of drug-likeness (QED) is 0.469. The number of hydrogen-bond donors (Lipinski definition) is 0. The van der Waals surface area contributed by atoms with Gasteiger partial charge in [-0.1, -0.05) is 5.16 Å². The van der Waals surface area contributed by atoms with Crippen LogP contribution in [0.2, 0.25) is 0 Å². The number of pyridine rings is 1. The van der Waals surface area contributed by atoms with E-state index in [0.717, 1.165) is 28.0 Å². The van der Waals surface area contributed by atoms with Crippen molar-refractivity contribution in [1.29, 1.82) is 0 Å². The summed E-state index contributed by atoms with van der Waals surface area (Å²) in [5.41, 5.74) is 4.16. The number of imidazole rings is 1. The van der Waals surface area contributed by atoms with E-state index in [-0.39, 0.29) is 0 Å². The van der Waals surface area contributed by atoms with Gasteiger partial charge in [-0.05, 0) is 19.1 Å². The Kier molecular flexibility index (Phi) is 3.57. The van der Waals surface area contributed by atoms with Gasteiger partial charge in [0.25, 0.3) is 0 Å². The maximum atomic E-state index is 5.41. The van der Waals surface area contributed by atoms with Crippen LogP contribution in [-0.2, 0) is 6.54 Å². The molecule has 0 atom stereocenters. The highest BCUT2D eigenvalue weighted by Gasteiger charge is 2.16. The molecular formula is C18H16N8O2. The molecule has 0 spiro atoms. The molecule has 0 radical (unpaired) electrons. The highest BCUT2D eigenvalue weighted by atomic mass is 16.5. The minimum atomic E-state index is 0.452. The van der Waals surface area contributed by atoms with Crippen molar-refractivity contribution in [2.45, 2.75) is 20.4 Å². The van der Waals surface area contributed by atoms with Gasteiger partial charge in [-0.3, -0.25) is 0 Å². The highest BCUT2D eigenvalue weighted by Crippen LogP contribution is 2.31. The minimum Gasteiger partial charge on any atom is -0.479 e. The van der Waals surface area contributed by atoms with Crippen LogP contribution in [0.1, 0.15) is 17.5 Å². The zero-order chi connectivity index (χ0) is 19.3. The van der Waals surface area contributed by atoms with Gasteiger partial charge in [-0.25, -0.2) is 14.5 Å². The molecule has 10 nitrogen and oxygen atoms in total. The monoisotopic (exact) mass is 376 g/mol. The van der Waals surface area contributed by atoms with Crippen molar-refractivity contribution in [1.82, 2.24) is 39.3 Å². The first kappa shape index (κ1) is 16.4. The molecule has 5 aromatic heterocycles. The molecule has 5 heterocycles. The van der Waals surface area contributed by atoms with E-state index in [1.54, 1.807) is 24.7 Å². The Balaban J connectivity index is 1.67. The van der Waals surface area contributed by atoms with Crippen molar-refractivity contribution in [3.8, 4) is 17.0 Å². The molecule has 0 aliphatic heterocycles. The van der Waals surface area contributed by atoms with E-state index in [1.165, 1.54) is 6.33 Å². The van der Waals surface area contributed by atoms with Crippen LogP contribution < -0.4 is 4.74 Å². The lowest BCUT2D eigenvalue weighted by molar-refractivity contribution is 0.386. The number of aryl methyl sites for hydroxylation is 2. The Morgan fingerprint density at radius 1 is 1.18 bits per heavy atom. The maximum absolute atomic E-state index is 5.41. The molecule has 5 rings (SSSR count). The fourth-order valence-electron chi connectivity index (χ4n) is 3.32. The van der Waals surface area contributed by atoms with Gasteiger partial charge >= 0.3 is 0 Å². The van der Waals surface area contributed by atoms with Crippen molar-refractivity contribution in [3.63, 3.8) is 0 Å². The molecule has 5 aromatic rings. The Bertz CT molecular complexity index is 1320. The molecule has 0 aliphatic carbocycles. The predicted octanol–water partition coefficient (Wildman–Crippen LogP) is 2.20. The summed E-state index contributed by atoms with van der Waals surface area (Å²) in [4.78, 5) is 17.6. The number of hydrogen-bond acceptors (Lipinski definition) is 8. The third-order valence-electron chi connectivity index (χ3n) is 4.59. The van der Waals surface area contributed by atoms with Gasteiger partial charge in [-0.2, -0.15) is 15.1 Å². The number of rotatable bonds is 4. The van der Waals surface area contributed by atoms with E-state index in [0.29, 0.717) is 29.8 Å². The summed E-state index contributed by atoms with van der Waals surface area (Å²) in [5, 5.41) is 8.22. The van der Waals surface area contributed by atoms with Gasteiger partial charge in [0.1, 0.15) is 17.7 Å². The van der Waals surface area contributed by atoms with E-state index in [9.17, 15) is 0 Å². The van der Waals surface area contributed by atoms with Gasteiger partial charge in [0.2, 0.25) is 11.8 Å². The van der Waals surface area contributed by atoms with Crippen LogP contribution in [0.15, 0.2) is 35.4 Å². The van der Waals surface area contributed by atoms with Crippen molar-refractivity contribution in [3.05, 3.63) is 48.4 Å². The number of ether oxygens (including phenoxy) is 1. The van der Waals surface area contributed by atoms with Gasteiger partial charge in [-0.15, -0.1) is 0 Å². The van der Waals surface area contributed by atoms with E-state index < -0.39 is 0 Å². The molecule has 0 bridgehead atoms. The largest absolute Gasteiger partial charge is 0.479 e. The van der Waals surface area contributed by atoms with Gasteiger partial charge < -0.3 is 13.8 Å². The standard InChI is InChI=1S/C18H16N8O2/c1-10-22-17-14(25(10)8-15-23-11(2)28-24-15)6-12(7-19-17)13-4-5-26-16(13)18(27-3)20-9-21-26/h4-7,9H,8H2,1-3H3. The predicted molar refractivity (Wildman–Crippen MR) is 98.9 cm³/mol. The molecule has 0 unspecified atom stereocenters.